The van der Waals surface area contributed by atoms with Crippen molar-refractivity contribution >= 4 is 27.2 Å². The number of imidazole rings is 1. The monoisotopic (exact) mass is 421 g/mol. The van der Waals surface area contributed by atoms with Crippen LogP contribution in [0, 0.1) is 11.8 Å². The zero-order valence-electron chi connectivity index (χ0n) is 16.6. The molecule has 3 aromatic rings. The van der Waals surface area contributed by atoms with Gasteiger partial charge in [-0.15, -0.1) is 0 Å². The van der Waals surface area contributed by atoms with E-state index in [-0.39, 0.29) is 11.5 Å². The summed E-state index contributed by atoms with van der Waals surface area (Å²) in [6.07, 6.45) is 7.52. The number of nitrogens with zero attached hydrogens (tertiary/aromatic N) is 4. The SMILES string of the molecule is CC(=O)Nc1cccc(S(C)(=O)=NC(=O)c2cncc(C#Cc3cncn3C)c2)c1. The Labute approximate surface area is 174 Å². The summed E-state index contributed by atoms with van der Waals surface area (Å²) in [6.45, 7) is 1.38. The van der Waals surface area contributed by atoms with Gasteiger partial charge in [0.05, 0.1) is 27.8 Å². The van der Waals surface area contributed by atoms with Crippen LogP contribution < -0.4 is 5.32 Å². The molecule has 0 bridgehead atoms. The van der Waals surface area contributed by atoms with Crippen LogP contribution in [0.25, 0.3) is 0 Å². The average Bonchev–Trinajstić information content (AvgIpc) is 3.11. The van der Waals surface area contributed by atoms with Gasteiger partial charge >= 0.3 is 0 Å². The predicted molar refractivity (Wildman–Crippen MR) is 113 cm³/mol. The van der Waals surface area contributed by atoms with Crippen molar-refractivity contribution in [3.63, 3.8) is 0 Å². The number of nitrogens with one attached hydrogen (secondary N) is 1. The Morgan fingerprint density at radius 1 is 1.13 bits per heavy atom. The third-order valence-corrected chi connectivity index (χ3v) is 5.63. The molecule has 0 aliphatic carbocycles. The van der Waals surface area contributed by atoms with Crippen LogP contribution in [0.5, 0.6) is 0 Å². The van der Waals surface area contributed by atoms with Gasteiger partial charge in [-0.1, -0.05) is 12.0 Å². The molecule has 0 fully saturated rings. The van der Waals surface area contributed by atoms with Crippen LogP contribution in [-0.2, 0) is 21.6 Å². The van der Waals surface area contributed by atoms with Gasteiger partial charge in [-0.25, -0.2) is 9.19 Å². The van der Waals surface area contributed by atoms with Gasteiger partial charge in [0.25, 0.3) is 5.91 Å². The van der Waals surface area contributed by atoms with Gasteiger partial charge in [0.15, 0.2) is 0 Å². The van der Waals surface area contributed by atoms with Crippen molar-refractivity contribution in [3.05, 3.63) is 72.1 Å². The van der Waals surface area contributed by atoms with Crippen LogP contribution in [0.1, 0.15) is 28.5 Å². The second kappa shape index (κ2) is 8.71. The number of amides is 2. The van der Waals surface area contributed by atoms with E-state index in [0.717, 1.165) is 0 Å². The number of hydrogen-bond donors (Lipinski definition) is 1. The van der Waals surface area contributed by atoms with Crippen molar-refractivity contribution in [2.24, 2.45) is 11.4 Å². The summed E-state index contributed by atoms with van der Waals surface area (Å²) in [7, 11) is -1.21. The maximum absolute atomic E-state index is 13.1. The highest BCUT2D eigenvalue weighted by Gasteiger charge is 2.13. The molecule has 9 heteroatoms. The van der Waals surface area contributed by atoms with Gasteiger partial charge in [0.1, 0.15) is 5.69 Å². The van der Waals surface area contributed by atoms with E-state index in [1.807, 2.05) is 7.05 Å². The second-order valence-corrected chi connectivity index (χ2v) is 8.77. The number of benzene rings is 1. The molecule has 3 rings (SSSR count). The van der Waals surface area contributed by atoms with Gasteiger partial charge < -0.3 is 9.88 Å². The Hall–Kier alpha value is -3.77. The van der Waals surface area contributed by atoms with E-state index in [1.165, 1.54) is 31.6 Å². The summed E-state index contributed by atoms with van der Waals surface area (Å²) in [4.78, 5) is 32.2. The van der Waals surface area contributed by atoms with Gasteiger partial charge in [-0.3, -0.25) is 14.6 Å². The van der Waals surface area contributed by atoms with Gasteiger partial charge in [-0.05, 0) is 30.2 Å². The van der Waals surface area contributed by atoms with E-state index in [4.69, 9.17) is 0 Å². The van der Waals surface area contributed by atoms with E-state index in [1.54, 1.807) is 41.4 Å². The minimum atomic E-state index is -3.03. The number of carbonyl (C=O) groups excluding carboxylic acids is 2. The molecular weight excluding hydrogens is 402 g/mol. The van der Waals surface area contributed by atoms with Crippen molar-refractivity contribution < 1.29 is 13.8 Å². The molecule has 1 aromatic carbocycles. The third kappa shape index (κ3) is 5.18. The summed E-state index contributed by atoms with van der Waals surface area (Å²) in [6, 6.07) is 7.98. The number of pyridine rings is 1. The minimum Gasteiger partial charge on any atom is -0.327 e. The summed E-state index contributed by atoms with van der Waals surface area (Å²) < 4.78 is 18.7. The molecule has 30 heavy (non-hydrogen) atoms. The van der Waals surface area contributed by atoms with Crippen LogP contribution in [0.4, 0.5) is 5.69 Å². The highest BCUT2D eigenvalue weighted by Crippen LogP contribution is 2.18. The lowest BCUT2D eigenvalue weighted by molar-refractivity contribution is -0.114. The number of anilines is 1. The molecule has 0 saturated heterocycles. The van der Waals surface area contributed by atoms with Gasteiger partial charge in [0.2, 0.25) is 5.91 Å². The van der Waals surface area contributed by atoms with E-state index in [9.17, 15) is 13.8 Å². The van der Waals surface area contributed by atoms with Crippen molar-refractivity contribution in [1.82, 2.24) is 14.5 Å². The molecule has 8 nitrogen and oxygen atoms in total. The minimum absolute atomic E-state index is 0.180. The van der Waals surface area contributed by atoms with Crippen LogP contribution >= 0.6 is 0 Å². The van der Waals surface area contributed by atoms with Crippen LogP contribution in [0.3, 0.4) is 0 Å². The fourth-order valence-electron chi connectivity index (χ4n) is 2.52. The number of aryl methyl sites for hydroxylation is 1. The van der Waals surface area contributed by atoms with Crippen LogP contribution in [0.15, 0.2) is 64.5 Å². The van der Waals surface area contributed by atoms with Gasteiger partial charge in [0, 0.05) is 48.8 Å². The highest BCUT2D eigenvalue weighted by atomic mass is 32.2. The highest BCUT2D eigenvalue weighted by molar-refractivity contribution is 7.93. The summed E-state index contributed by atoms with van der Waals surface area (Å²) in [5.74, 6) is 4.96. The van der Waals surface area contributed by atoms with Crippen molar-refractivity contribution in [3.8, 4) is 11.8 Å². The first-order chi connectivity index (χ1) is 14.2. The molecule has 1 N–H and O–H groups in total. The number of aromatic nitrogens is 3. The molecule has 0 spiro atoms. The lowest BCUT2D eigenvalue weighted by Crippen LogP contribution is -2.08. The number of carbonyl (C=O) groups is 2. The molecular formula is C21H19N5O3S. The van der Waals surface area contributed by atoms with Crippen molar-refractivity contribution in [1.29, 1.82) is 0 Å². The van der Waals surface area contributed by atoms with Gasteiger partial charge in [-0.2, -0.15) is 4.36 Å². The summed E-state index contributed by atoms with van der Waals surface area (Å²) >= 11 is 0. The van der Waals surface area contributed by atoms with Crippen molar-refractivity contribution in [2.75, 3.05) is 11.6 Å². The molecule has 0 saturated carbocycles. The third-order valence-electron chi connectivity index (χ3n) is 3.99. The summed E-state index contributed by atoms with van der Waals surface area (Å²) in [5.41, 5.74) is 1.89. The molecule has 1 atom stereocenters. The lowest BCUT2D eigenvalue weighted by atomic mass is 10.2. The molecule has 2 amide bonds. The molecule has 2 aromatic heterocycles. The maximum atomic E-state index is 13.1. The van der Waals surface area contributed by atoms with E-state index < -0.39 is 15.6 Å². The zero-order chi connectivity index (χ0) is 21.7. The molecule has 0 aliphatic heterocycles. The molecule has 1 unspecified atom stereocenters. The first-order valence-electron chi connectivity index (χ1n) is 8.82. The van der Waals surface area contributed by atoms with E-state index in [0.29, 0.717) is 21.8 Å². The number of rotatable bonds is 3. The Balaban J connectivity index is 1.89. The second-order valence-electron chi connectivity index (χ2n) is 6.51. The fraction of sp³-hybridized carbons (Fsp3) is 0.143. The zero-order valence-corrected chi connectivity index (χ0v) is 17.4. The Morgan fingerprint density at radius 2 is 1.93 bits per heavy atom. The number of hydrogen-bond acceptors (Lipinski definition) is 5. The molecule has 0 aliphatic rings. The molecule has 2 heterocycles. The smallest absolute Gasteiger partial charge is 0.286 e. The van der Waals surface area contributed by atoms with Crippen LogP contribution in [0.2, 0.25) is 0 Å². The Bertz CT molecular complexity index is 1310. The fourth-order valence-corrected chi connectivity index (χ4v) is 3.72. The lowest BCUT2D eigenvalue weighted by Gasteiger charge is -2.07. The Kier molecular flexibility index (Phi) is 6.09. The van der Waals surface area contributed by atoms with E-state index >= 15 is 0 Å². The first-order valence-corrected chi connectivity index (χ1v) is 10.7. The maximum Gasteiger partial charge on any atom is 0.286 e. The summed E-state index contributed by atoms with van der Waals surface area (Å²) in [5, 5.41) is 2.62. The van der Waals surface area contributed by atoms with Crippen molar-refractivity contribution in [2.45, 2.75) is 11.8 Å². The molecule has 0 radical (unpaired) electrons. The molecule has 152 valence electrons. The standard InChI is InChI=1S/C21H19N5O3S/c1-15(27)24-18-5-4-6-20(10-18)30(3,29)25-21(28)17-9-16(11-22-12-17)7-8-19-13-23-14-26(19)2/h4-6,9-14H,1-3H3,(H,24,27). The predicted octanol–water partition coefficient (Wildman–Crippen LogP) is 2.47. The average molecular weight is 421 g/mol. The topological polar surface area (TPSA) is 106 Å². The normalized spacial score (nSPS) is 12.2. The first kappa shape index (κ1) is 21.0. The Morgan fingerprint density at radius 3 is 2.63 bits per heavy atom. The quantitative estimate of drug-likeness (QED) is 0.654. The van der Waals surface area contributed by atoms with Crippen LogP contribution in [-0.4, -0.2) is 36.8 Å². The van der Waals surface area contributed by atoms with E-state index in [2.05, 4.69) is 31.5 Å². The largest absolute Gasteiger partial charge is 0.327 e.